The first-order valence-corrected chi connectivity index (χ1v) is 4.87. The summed E-state index contributed by atoms with van der Waals surface area (Å²) in [7, 11) is 0. The number of nitrogens with two attached hydrogens (primary N) is 1. The van der Waals surface area contributed by atoms with Crippen LogP contribution in [-0.4, -0.2) is 18.2 Å². The summed E-state index contributed by atoms with van der Waals surface area (Å²) in [4.78, 5) is 0. The lowest BCUT2D eigenvalue weighted by atomic mass is 10.2. The van der Waals surface area contributed by atoms with Crippen LogP contribution in [0.3, 0.4) is 0 Å². The van der Waals surface area contributed by atoms with E-state index in [9.17, 15) is 0 Å². The van der Waals surface area contributed by atoms with E-state index in [2.05, 4.69) is 39.9 Å². The second-order valence-electron chi connectivity index (χ2n) is 3.94. The maximum atomic E-state index is 5.97. The summed E-state index contributed by atoms with van der Waals surface area (Å²) in [6.45, 7) is 10.7. The van der Waals surface area contributed by atoms with E-state index < -0.39 is 0 Å². The smallest absolute Gasteiger partial charge is 0.158 e. The van der Waals surface area contributed by atoms with Gasteiger partial charge in [0.05, 0.1) is 0 Å². The molecule has 3 nitrogen and oxygen atoms in total. The largest absolute Gasteiger partial charge is 0.264 e. The molecule has 2 atom stereocenters. The number of quaternary nitrogens is 1. The van der Waals surface area contributed by atoms with Crippen LogP contribution >= 0.6 is 0 Å². The molecule has 0 spiro atoms. The normalized spacial score (nSPS) is 17.0. The Balaban J connectivity index is 3.96. The van der Waals surface area contributed by atoms with E-state index >= 15 is 0 Å². The Hall–Kier alpha value is -0.120. The molecule has 0 aromatic heterocycles. The summed E-state index contributed by atoms with van der Waals surface area (Å²) in [5, 5.41) is 4.52. The van der Waals surface area contributed by atoms with Crippen LogP contribution in [0, 0.1) is 0 Å². The van der Waals surface area contributed by atoms with Gasteiger partial charge in [-0.1, -0.05) is 6.92 Å². The summed E-state index contributed by atoms with van der Waals surface area (Å²) >= 11 is 0. The van der Waals surface area contributed by atoms with Crippen molar-refractivity contribution in [2.24, 2.45) is 5.84 Å². The number of nitrogens with one attached hydrogen (secondary N) is 2. The van der Waals surface area contributed by atoms with Gasteiger partial charge in [0.1, 0.15) is 6.04 Å². The SMILES string of the molecule is CCC(NC(C)C)[NH+](N)C(C)C. The van der Waals surface area contributed by atoms with Crippen LogP contribution in [-0.2, 0) is 0 Å². The average Bonchev–Trinajstić information content (AvgIpc) is 1.98. The zero-order chi connectivity index (χ0) is 9.72. The molecule has 0 aliphatic heterocycles. The van der Waals surface area contributed by atoms with Gasteiger partial charge in [-0.3, -0.25) is 5.32 Å². The zero-order valence-corrected chi connectivity index (χ0v) is 9.02. The first-order valence-electron chi connectivity index (χ1n) is 4.87. The Morgan fingerprint density at radius 3 is 2.00 bits per heavy atom. The van der Waals surface area contributed by atoms with E-state index in [4.69, 9.17) is 5.84 Å². The molecule has 0 radical (unpaired) electrons. The molecule has 0 fully saturated rings. The summed E-state index contributed by atoms with van der Waals surface area (Å²) in [5.74, 6) is 5.97. The molecule has 74 valence electrons. The van der Waals surface area contributed by atoms with Crippen LogP contribution in [0.5, 0.6) is 0 Å². The lowest BCUT2D eigenvalue weighted by Crippen LogP contribution is -3.25. The molecule has 0 rings (SSSR count). The number of hydrogen-bond donors (Lipinski definition) is 3. The van der Waals surface area contributed by atoms with E-state index in [-0.39, 0.29) is 0 Å². The van der Waals surface area contributed by atoms with Crippen LogP contribution in [0.2, 0.25) is 0 Å². The molecule has 0 bridgehead atoms. The van der Waals surface area contributed by atoms with Gasteiger partial charge in [-0.05, 0) is 27.7 Å². The third-order valence-corrected chi connectivity index (χ3v) is 2.01. The molecule has 0 aromatic carbocycles. The Labute approximate surface area is 76.3 Å². The molecule has 0 saturated heterocycles. The van der Waals surface area contributed by atoms with Gasteiger partial charge in [0.25, 0.3) is 0 Å². The van der Waals surface area contributed by atoms with Crippen LogP contribution < -0.4 is 16.2 Å². The third kappa shape index (κ3) is 4.04. The molecule has 4 N–H and O–H groups in total. The highest BCUT2D eigenvalue weighted by Gasteiger charge is 2.20. The summed E-state index contributed by atoms with van der Waals surface area (Å²) in [6.07, 6.45) is 1.45. The van der Waals surface area contributed by atoms with Crippen LogP contribution in [0.15, 0.2) is 0 Å². The fourth-order valence-corrected chi connectivity index (χ4v) is 1.25. The van der Waals surface area contributed by atoms with E-state index in [1.807, 2.05) is 0 Å². The standard InChI is InChI=1S/C9H23N3/c1-6-9(11-7(2)3)12(10)8(4)5/h7-9,11H,6,10H2,1-5H3/p+1. The summed E-state index contributed by atoms with van der Waals surface area (Å²) < 4.78 is 0. The maximum absolute atomic E-state index is 5.97. The minimum absolute atomic E-state index is 0.380. The van der Waals surface area contributed by atoms with Crippen molar-refractivity contribution in [1.29, 1.82) is 0 Å². The predicted octanol–water partition coefficient (Wildman–Crippen LogP) is -0.112. The van der Waals surface area contributed by atoms with Crippen molar-refractivity contribution in [1.82, 2.24) is 5.32 Å². The third-order valence-electron chi connectivity index (χ3n) is 2.01. The highest BCUT2D eigenvalue weighted by atomic mass is 15.5. The highest BCUT2D eigenvalue weighted by molar-refractivity contribution is 4.56. The Morgan fingerprint density at radius 2 is 1.75 bits per heavy atom. The number of hydrogen-bond acceptors (Lipinski definition) is 2. The van der Waals surface area contributed by atoms with Crippen LogP contribution in [0.25, 0.3) is 0 Å². The highest BCUT2D eigenvalue weighted by Crippen LogP contribution is 1.85. The number of rotatable bonds is 5. The molecule has 2 unspecified atom stereocenters. The molecule has 0 aromatic rings. The summed E-state index contributed by atoms with van der Waals surface area (Å²) in [6, 6.07) is 0.980. The van der Waals surface area contributed by atoms with Gasteiger partial charge in [-0.25, -0.2) is 5.01 Å². The van der Waals surface area contributed by atoms with Crippen molar-refractivity contribution < 1.29 is 5.01 Å². The fraction of sp³-hybridized carbons (Fsp3) is 1.00. The van der Waals surface area contributed by atoms with E-state index in [0.717, 1.165) is 11.4 Å². The zero-order valence-electron chi connectivity index (χ0n) is 9.02. The van der Waals surface area contributed by atoms with Crippen LogP contribution in [0.1, 0.15) is 41.0 Å². The molecule has 0 aliphatic rings. The van der Waals surface area contributed by atoms with Gasteiger partial charge in [-0.2, -0.15) is 5.84 Å². The van der Waals surface area contributed by atoms with Crippen molar-refractivity contribution in [3.05, 3.63) is 0 Å². The Kier molecular flexibility index (Phi) is 5.46. The van der Waals surface area contributed by atoms with Gasteiger partial charge >= 0.3 is 0 Å². The Bertz CT molecular complexity index is 112. The van der Waals surface area contributed by atoms with Crippen molar-refractivity contribution in [3.63, 3.8) is 0 Å². The Morgan fingerprint density at radius 1 is 1.25 bits per heavy atom. The van der Waals surface area contributed by atoms with Gasteiger partial charge in [0, 0.05) is 12.5 Å². The van der Waals surface area contributed by atoms with Gasteiger partial charge in [0.15, 0.2) is 6.17 Å². The molecule has 3 heteroatoms. The lowest BCUT2D eigenvalue weighted by molar-refractivity contribution is -0.961. The molecular weight excluding hydrogens is 150 g/mol. The van der Waals surface area contributed by atoms with E-state index in [1.54, 1.807) is 0 Å². The first kappa shape index (κ1) is 11.9. The molecular formula is C9H24N3+. The molecule has 0 heterocycles. The molecule has 0 amide bonds. The van der Waals surface area contributed by atoms with Gasteiger partial charge in [-0.15, -0.1) is 0 Å². The lowest BCUT2D eigenvalue weighted by Gasteiger charge is -2.28. The van der Waals surface area contributed by atoms with Crippen molar-refractivity contribution in [3.8, 4) is 0 Å². The van der Waals surface area contributed by atoms with Crippen molar-refractivity contribution in [2.45, 2.75) is 59.3 Å². The minimum Gasteiger partial charge on any atom is -0.264 e. The van der Waals surface area contributed by atoms with Gasteiger partial charge in [0.2, 0.25) is 0 Å². The van der Waals surface area contributed by atoms with Crippen molar-refractivity contribution >= 4 is 0 Å². The molecule has 0 saturated carbocycles. The second kappa shape index (κ2) is 5.51. The fourth-order valence-electron chi connectivity index (χ4n) is 1.25. The summed E-state index contributed by atoms with van der Waals surface area (Å²) in [5.41, 5.74) is 0. The minimum atomic E-state index is 0.380. The monoisotopic (exact) mass is 174 g/mol. The van der Waals surface area contributed by atoms with Crippen molar-refractivity contribution in [2.75, 3.05) is 0 Å². The van der Waals surface area contributed by atoms with E-state index in [1.165, 1.54) is 0 Å². The van der Waals surface area contributed by atoms with Gasteiger partial charge < -0.3 is 0 Å². The molecule has 12 heavy (non-hydrogen) atoms. The van der Waals surface area contributed by atoms with Crippen LogP contribution in [0.4, 0.5) is 0 Å². The predicted molar refractivity (Wildman–Crippen MR) is 52.6 cm³/mol. The first-order chi connectivity index (χ1) is 5.49. The second-order valence-corrected chi connectivity index (χ2v) is 3.94. The maximum Gasteiger partial charge on any atom is 0.158 e. The molecule has 0 aliphatic carbocycles. The average molecular weight is 174 g/mol. The van der Waals surface area contributed by atoms with E-state index in [0.29, 0.717) is 18.2 Å². The quantitative estimate of drug-likeness (QED) is 0.309. The topological polar surface area (TPSA) is 42.5 Å².